The molecule has 2 aromatic carbocycles. The molecule has 1 aromatic heterocycles. The van der Waals surface area contributed by atoms with Crippen molar-refractivity contribution in [3.63, 3.8) is 0 Å². The number of nitro benzene ring substituents is 1. The first kappa shape index (κ1) is 20.5. The number of carbonyl (C=O) groups excluding carboxylic acids is 1. The summed E-state index contributed by atoms with van der Waals surface area (Å²) in [4.78, 5) is 28.4. The Morgan fingerprint density at radius 2 is 2.03 bits per heavy atom. The van der Waals surface area contributed by atoms with Crippen LogP contribution in [0.4, 0.5) is 5.69 Å². The number of thiazole rings is 1. The number of aryl methyl sites for hydroxylation is 1. The molecule has 9 heteroatoms. The Kier molecular flexibility index (Phi) is 6.26. The number of hydrogen-bond acceptors (Lipinski definition) is 7. The molecule has 0 aliphatic carbocycles. The summed E-state index contributed by atoms with van der Waals surface area (Å²) in [6, 6.07) is 13.0. The van der Waals surface area contributed by atoms with E-state index < -0.39 is 10.8 Å². The monoisotopic (exact) mass is 424 g/mol. The minimum atomic E-state index is -0.496. The van der Waals surface area contributed by atoms with Gasteiger partial charge in [-0.1, -0.05) is 23.9 Å². The predicted molar refractivity (Wildman–Crippen MR) is 111 cm³/mol. The van der Waals surface area contributed by atoms with Crippen LogP contribution in [-0.2, 0) is 0 Å². The molecule has 29 heavy (non-hydrogen) atoms. The highest BCUT2D eigenvalue weighted by Gasteiger charge is 2.20. The second-order valence-electron chi connectivity index (χ2n) is 6.23. The molecule has 0 aliphatic heterocycles. The molecule has 0 aliphatic rings. The molecule has 0 saturated heterocycles. The summed E-state index contributed by atoms with van der Waals surface area (Å²) in [6.07, 6.45) is 0. The van der Waals surface area contributed by atoms with Gasteiger partial charge in [0.25, 0.3) is 11.6 Å². The first-order valence-corrected chi connectivity index (χ1v) is 10.3. The number of nitrogens with one attached hydrogen (secondary N) is 1. The van der Waals surface area contributed by atoms with Crippen LogP contribution in [0.3, 0.4) is 0 Å². The summed E-state index contributed by atoms with van der Waals surface area (Å²) in [5, 5.41) is 25.1. The SMILES string of the molecule is Cc1csc(Sc2ccc(C(=O)NC(C)c3ccc(C#N)cc3)cc2[N+](=O)[O-])n1. The molecule has 0 radical (unpaired) electrons. The third kappa shape index (κ3) is 4.99. The van der Waals surface area contributed by atoms with Crippen molar-refractivity contribution in [2.24, 2.45) is 0 Å². The topological polar surface area (TPSA) is 109 Å². The first-order chi connectivity index (χ1) is 13.9. The molecule has 146 valence electrons. The van der Waals surface area contributed by atoms with Crippen molar-refractivity contribution >= 4 is 34.7 Å². The normalized spacial score (nSPS) is 11.5. The minimum Gasteiger partial charge on any atom is -0.346 e. The number of aromatic nitrogens is 1. The molecule has 1 unspecified atom stereocenters. The maximum Gasteiger partial charge on any atom is 0.284 e. The van der Waals surface area contributed by atoms with Crippen LogP contribution < -0.4 is 5.32 Å². The van der Waals surface area contributed by atoms with Crippen LogP contribution in [0, 0.1) is 28.4 Å². The third-order valence-corrected chi connectivity index (χ3v) is 6.22. The zero-order valence-electron chi connectivity index (χ0n) is 15.6. The molecule has 0 spiro atoms. The molecule has 1 N–H and O–H groups in total. The maximum absolute atomic E-state index is 12.6. The van der Waals surface area contributed by atoms with Crippen molar-refractivity contribution in [1.82, 2.24) is 10.3 Å². The van der Waals surface area contributed by atoms with E-state index in [4.69, 9.17) is 5.26 Å². The van der Waals surface area contributed by atoms with E-state index in [1.165, 1.54) is 29.2 Å². The van der Waals surface area contributed by atoms with E-state index in [1.807, 2.05) is 25.3 Å². The number of carbonyl (C=O) groups is 1. The van der Waals surface area contributed by atoms with E-state index in [0.29, 0.717) is 14.8 Å². The van der Waals surface area contributed by atoms with Gasteiger partial charge in [-0.15, -0.1) is 11.3 Å². The third-order valence-electron chi connectivity index (χ3n) is 4.10. The van der Waals surface area contributed by atoms with Crippen molar-refractivity contribution in [2.45, 2.75) is 29.1 Å². The van der Waals surface area contributed by atoms with E-state index in [1.54, 1.807) is 36.4 Å². The molecule has 0 bridgehead atoms. The zero-order valence-corrected chi connectivity index (χ0v) is 17.2. The number of nitro groups is 1. The molecular weight excluding hydrogens is 408 g/mol. The number of amides is 1. The highest BCUT2D eigenvalue weighted by atomic mass is 32.2. The molecule has 3 aromatic rings. The van der Waals surface area contributed by atoms with Gasteiger partial charge < -0.3 is 5.32 Å². The highest BCUT2D eigenvalue weighted by molar-refractivity contribution is 8.01. The molecule has 0 saturated carbocycles. The number of benzene rings is 2. The van der Waals surface area contributed by atoms with Crippen LogP contribution in [-0.4, -0.2) is 15.8 Å². The Morgan fingerprint density at radius 3 is 2.62 bits per heavy atom. The van der Waals surface area contributed by atoms with Crippen LogP contribution >= 0.6 is 23.1 Å². The van der Waals surface area contributed by atoms with Crippen LogP contribution in [0.1, 0.15) is 40.1 Å². The molecule has 3 rings (SSSR count). The first-order valence-electron chi connectivity index (χ1n) is 8.56. The molecule has 1 atom stereocenters. The second-order valence-corrected chi connectivity index (χ2v) is 8.37. The Balaban J connectivity index is 1.78. The van der Waals surface area contributed by atoms with Crippen LogP contribution in [0.2, 0.25) is 0 Å². The Labute approximate surface area is 175 Å². The summed E-state index contributed by atoms with van der Waals surface area (Å²) in [6.45, 7) is 3.67. The lowest BCUT2D eigenvalue weighted by Gasteiger charge is -2.14. The number of rotatable bonds is 6. The number of nitrogens with zero attached hydrogens (tertiary/aromatic N) is 3. The summed E-state index contributed by atoms with van der Waals surface area (Å²) in [5.74, 6) is -0.411. The van der Waals surface area contributed by atoms with Crippen molar-refractivity contribution in [1.29, 1.82) is 5.26 Å². The molecule has 7 nitrogen and oxygen atoms in total. The average molecular weight is 425 g/mol. The molecule has 1 amide bonds. The lowest BCUT2D eigenvalue weighted by Crippen LogP contribution is -2.26. The van der Waals surface area contributed by atoms with E-state index in [9.17, 15) is 14.9 Å². The fourth-order valence-electron chi connectivity index (χ4n) is 2.57. The van der Waals surface area contributed by atoms with Crippen molar-refractivity contribution < 1.29 is 9.72 Å². The predicted octanol–water partition coefficient (Wildman–Crippen LogP) is 4.87. The fraction of sp³-hybridized carbons (Fsp3) is 0.150. The highest BCUT2D eigenvalue weighted by Crippen LogP contribution is 2.36. The van der Waals surface area contributed by atoms with Gasteiger partial charge in [-0.25, -0.2) is 4.98 Å². The van der Waals surface area contributed by atoms with Gasteiger partial charge in [0, 0.05) is 22.7 Å². The van der Waals surface area contributed by atoms with Crippen LogP contribution in [0.25, 0.3) is 0 Å². The zero-order chi connectivity index (χ0) is 21.0. The van der Waals surface area contributed by atoms with Gasteiger partial charge >= 0.3 is 0 Å². The molecule has 0 fully saturated rings. The van der Waals surface area contributed by atoms with Gasteiger partial charge in [-0.3, -0.25) is 14.9 Å². The van der Waals surface area contributed by atoms with Gasteiger partial charge in [-0.05, 0) is 43.7 Å². The van der Waals surface area contributed by atoms with Crippen LogP contribution in [0.15, 0.2) is 57.1 Å². The Bertz CT molecular complexity index is 1100. The lowest BCUT2D eigenvalue weighted by molar-refractivity contribution is -0.387. The molecule has 1 heterocycles. The summed E-state index contributed by atoms with van der Waals surface area (Å²) < 4.78 is 0.706. The minimum absolute atomic E-state index is 0.137. The van der Waals surface area contributed by atoms with Gasteiger partial charge in [0.2, 0.25) is 0 Å². The summed E-state index contributed by atoms with van der Waals surface area (Å²) in [5.41, 5.74) is 2.29. The van der Waals surface area contributed by atoms with E-state index in [-0.39, 0.29) is 17.3 Å². The van der Waals surface area contributed by atoms with E-state index in [0.717, 1.165) is 11.3 Å². The average Bonchev–Trinajstić information content (AvgIpc) is 3.12. The number of nitriles is 1. The number of hydrogen-bond donors (Lipinski definition) is 1. The smallest absolute Gasteiger partial charge is 0.284 e. The van der Waals surface area contributed by atoms with Crippen LogP contribution in [0.5, 0.6) is 0 Å². The molecular formula is C20H16N4O3S2. The standard InChI is InChI=1S/C20H16N4O3S2/c1-12-11-28-20(22-12)29-18-8-7-16(9-17(18)24(26)27)19(25)23-13(2)15-5-3-14(10-21)4-6-15/h3-9,11,13H,1-2H3,(H,23,25). The van der Waals surface area contributed by atoms with Gasteiger partial charge in [0.15, 0.2) is 4.34 Å². The van der Waals surface area contributed by atoms with Gasteiger partial charge in [0.05, 0.1) is 27.5 Å². The Hall–Kier alpha value is -3.22. The van der Waals surface area contributed by atoms with E-state index >= 15 is 0 Å². The van der Waals surface area contributed by atoms with Gasteiger partial charge in [0.1, 0.15) is 0 Å². The largest absolute Gasteiger partial charge is 0.346 e. The second kappa shape index (κ2) is 8.86. The van der Waals surface area contributed by atoms with Crippen molar-refractivity contribution in [3.8, 4) is 6.07 Å². The summed E-state index contributed by atoms with van der Waals surface area (Å²) in [7, 11) is 0. The maximum atomic E-state index is 12.6. The fourth-order valence-corrected chi connectivity index (χ4v) is 4.45. The lowest BCUT2D eigenvalue weighted by atomic mass is 10.1. The van der Waals surface area contributed by atoms with Gasteiger partial charge in [-0.2, -0.15) is 5.26 Å². The Morgan fingerprint density at radius 1 is 1.31 bits per heavy atom. The quantitative estimate of drug-likeness (QED) is 0.446. The van der Waals surface area contributed by atoms with Crippen molar-refractivity contribution in [2.75, 3.05) is 0 Å². The van der Waals surface area contributed by atoms with Crippen molar-refractivity contribution in [3.05, 3.63) is 80.3 Å². The van der Waals surface area contributed by atoms with E-state index in [2.05, 4.69) is 10.3 Å². The summed E-state index contributed by atoms with van der Waals surface area (Å²) >= 11 is 2.62.